The topological polar surface area (TPSA) is 27.0 Å². The van der Waals surface area contributed by atoms with Gasteiger partial charge in [-0.3, -0.25) is 4.90 Å². The van der Waals surface area contributed by atoms with Crippen LogP contribution in [0.25, 0.3) is 0 Å². The maximum atomic E-state index is 8.60. The van der Waals surface area contributed by atoms with Gasteiger partial charge in [0.2, 0.25) is 0 Å². The zero-order chi connectivity index (χ0) is 8.39. The highest BCUT2D eigenvalue weighted by Gasteiger charge is 2.14. The number of thiophene rings is 1. The van der Waals surface area contributed by atoms with Gasteiger partial charge in [-0.05, 0) is 31.6 Å². The number of rotatable bonds is 2. The first kappa shape index (κ1) is 7.78. The van der Waals surface area contributed by atoms with Gasteiger partial charge < -0.3 is 0 Å². The van der Waals surface area contributed by atoms with Crippen molar-refractivity contribution in [3.05, 3.63) is 21.9 Å². The molecule has 0 unspecified atom stereocenters. The Kier molecular flexibility index (Phi) is 2.11. The van der Waals surface area contributed by atoms with Gasteiger partial charge in [0.25, 0.3) is 0 Å². The lowest BCUT2D eigenvalue weighted by Gasteiger charge is -2.29. The van der Waals surface area contributed by atoms with Crippen LogP contribution in [-0.2, 0) is 6.54 Å². The number of nitriles is 1. The SMILES string of the molecule is N#Cc1ccc(CN2CCC2)s1. The molecule has 1 aliphatic heterocycles. The predicted octanol–water partition coefficient (Wildman–Crippen LogP) is 1.83. The minimum absolute atomic E-state index is 0.825. The molecule has 0 atom stereocenters. The van der Waals surface area contributed by atoms with Gasteiger partial charge in [0, 0.05) is 11.4 Å². The van der Waals surface area contributed by atoms with Gasteiger partial charge in [-0.1, -0.05) is 0 Å². The van der Waals surface area contributed by atoms with Crippen LogP contribution in [0.1, 0.15) is 16.2 Å². The van der Waals surface area contributed by atoms with E-state index < -0.39 is 0 Å². The van der Waals surface area contributed by atoms with Crippen molar-refractivity contribution >= 4 is 11.3 Å². The highest BCUT2D eigenvalue weighted by Crippen LogP contribution is 2.19. The monoisotopic (exact) mass is 178 g/mol. The molecule has 12 heavy (non-hydrogen) atoms. The normalized spacial score (nSPS) is 16.9. The molecule has 2 nitrogen and oxygen atoms in total. The van der Waals surface area contributed by atoms with Crippen molar-refractivity contribution in [2.24, 2.45) is 0 Å². The molecule has 1 saturated heterocycles. The van der Waals surface area contributed by atoms with Crippen molar-refractivity contribution in [2.75, 3.05) is 13.1 Å². The first-order chi connectivity index (χ1) is 5.88. The van der Waals surface area contributed by atoms with Gasteiger partial charge in [-0.2, -0.15) is 5.26 Å². The Hall–Kier alpha value is -0.850. The summed E-state index contributed by atoms with van der Waals surface area (Å²) < 4.78 is 0. The molecule has 1 aromatic heterocycles. The molecule has 1 aliphatic rings. The third-order valence-corrected chi connectivity index (χ3v) is 3.07. The second-order valence-corrected chi connectivity index (χ2v) is 4.18. The minimum atomic E-state index is 0.825. The zero-order valence-electron chi connectivity index (χ0n) is 6.79. The van der Waals surface area contributed by atoms with Gasteiger partial charge in [-0.15, -0.1) is 11.3 Å². The number of hydrogen-bond donors (Lipinski definition) is 0. The van der Waals surface area contributed by atoms with Crippen LogP contribution in [0, 0.1) is 11.3 Å². The highest BCUT2D eigenvalue weighted by atomic mass is 32.1. The Balaban J connectivity index is 1.99. The quantitative estimate of drug-likeness (QED) is 0.690. The number of nitrogens with zero attached hydrogens (tertiary/aromatic N) is 2. The van der Waals surface area contributed by atoms with E-state index in [4.69, 9.17) is 5.26 Å². The summed E-state index contributed by atoms with van der Waals surface area (Å²) in [6.07, 6.45) is 1.33. The average Bonchev–Trinajstić information content (AvgIpc) is 2.44. The van der Waals surface area contributed by atoms with Crippen molar-refractivity contribution < 1.29 is 0 Å². The van der Waals surface area contributed by atoms with Gasteiger partial charge in [-0.25, -0.2) is 0 Å². The first-order valence-corrected chi connectivity index (χ1v) is 4.91. The molecule has 1 fully saturated rings. The summed E-state index contributed by atoms with van der Waals surface area (Å²) in [5.41, 5.74) is 0. The summed E-state index contributed by atoms with van der Waals surface area (Å²) in [5, 5.41) is 8.60. The van der Waals surface area contributed by atoms with Crippen LogP contribution in [0.15, 0.2) is 12.1 Å². The molecule has 0 bridgehead atoms. The Morgan fingerprint density at radius 2 is 2.33 bits per heavy atom. The lowest BCUT2D eigenvalue weighted by molar-refractivity contribution is 0.174. The van der Waals surface area contributed by atoms with E-state index in [2.05, 4.69) is 17.0 Å². The van der Waals surface area contributed by atoms with Crippen LogP contribution in [0.5, 0.6) is 0 Å². The molecule has 3 heteroatoms. The molecule has 0 aromatic carbocycles. The summed E-state index contributed by atoms with van der Waals surface area (Å²) in [6, 6.07) is 6.12. The van der Waals surface area contributed by atoms with E-state index in [0.29, 0.717) is 0 Å². The summed E-state index contributed by atoms with van der Waals surface area (Å²) in [6.45, 7) is 3.48. The molecule has 0 N–H and O–H groups in total. The molecule has 2 rings (SSSR count). The Bertz CT molecular complexity index is 307. The van der Waals surface area contributed by atoms with E-state index in [9.17, 15) is 0 Å². The van der Waals surface area contributed by atoms with E-state index >= 15 is 0 Å². The molecule has 0 aliphatic carbocycles. The van der Waals surface area contributed by atoms with Crippen LogP contribution < -0.4 is 0 Å². The molecule has 0 saturated carbocycles. The molecular formula is C9H10N2S. The van der Waals surface area contributed by atoms with Crippen molar-refractivity contribution in [1.82, 2.24) is 4.90 Å². The van der Waals surface area contributed by atoms with Gasteiger partial charge in [0.1, 0.15) is 10.9 Å². The Morgan fingerprint density at radius 1 is 1.50 bits per heavy atom. The highest BCUT2D eigenvalue weighted by molar-refractivity contribution is 7.12. The van der Waals surface area contributed by atoms with E-state index in [0.717, 1.165) is 11.4 Å². The summed E-state index contributed by atoms with van der Waals surface area (Å²) in [5.74, 6) is 0. The zero-order valence-corrected chi connectivity index (χ0v) is 7.60. The van der Waals surface area contributed by atoms with E-state index in [1.54, 1.807) is 11.3 Å². The van der Waals surface area contributed by atoms with Crippen LogP contribution in [-0.4, -0.2) is 18.0 Å². The van der Waals surface area contributed by atoms with Crippen LogP contribution in [0.2, 0.25) is 0 Å². The van der Waals surface area contributed by atoms with Gasteiger partial charge in [0.15, 0.2) is 0 Å². The average molecular weight is 178 g/mol. The largest absolute Gasteiger partial charge is 0.298 e. The molecule has 62 valence electrons. The number of likely N-dealkylation sites (tertiary alicyclic amines) is 1. The fourth-order valence-electron chi connectivity index (χ4n) is 1.28. The fourth-order valence-corrected chi connectivity index (χ4v) is 2.13. The van der Waals surface area contributed by atoms with Crippen LogP contribution >= 0.6 is 11.3 Å². The summed E-state index contributed by atoms with van der Waals surface area (Å²) >= 11 is 1.61. The smallest absolute Gasteiger partial charge is 0.110 e. The summed E-state index contributed by atoms with van der Waals surface area (Å²) in [4.78, 5) is 4.53. The number of hydrogen-bond acceptors (Lipinski definition) is 3. The Morgan fingerprint density at radius 3 is 2.83 bits per heavy atom. The van der Waals surface area contributed by atoms with E-state index in [1.807, 2.05) is 6.07 Å². The van der Waals surface area contributed by atoms with Crippen LogP contribution in [0.3, 0.4) is 0 Å². The molecule has 0 spiro atoms. The van der Waals surface area contributed by atoms with Crippen LogP contribution in [0.4, 0.5) is 0 Å². The van der Waals surface area contributed by atoms with Gasteiger partial charge >= 0.3 is 0 Å². The van der Waals surface area contributed by atoms with Crippen molar-refractivity contribution in [3.8, 4) is 6.07 Å². The maximum Gasteiger partial charge on any atom is 0.110 e. The van der Waals surface area contributed by atoms with E-state index in [1.165, 1.54) is 24.4 Å². The molecule has 0 amide bonds. The van der Waals surface area contributed by atoms with Crippen molar-refractivity contribution in [2.45, 2.75) is 13.0 Å². The first-order valence-electron chi connectivity index (χ1n) is 4.09. The third kappa shape index (κ3) is 1.50. The molecular weight excluding hydrogens is 168 g/mol. The second kappa shape index (κ2) is 3.26. The van der Waals surface area contributed by atoms with E-state index in [-0.39, 0.29) is 0 Å². The predicted molar refractivity (Wildman–Crippen MR) is 48.9 cm³/mol. The minimum Gasteiger partial charge on any atom is -0.298 e. The lowest BCUT2D eigenvalue weighted by atomic mass is 10.2. The summed E-state index contributed by atoms with van der Waals surface area (Å²) in [7, 11) is 0. The molecule has 1 aromatic rings. The third-order valence-electron chi connectivity index (χ3n) is 2.10. The molecule has 2 heterocycles. The standard InChI is InChI=1S/C9H10N2S/c10-6-8-2-3-9(12-8)7-11-4-1-5-11/h2-3H,1,4-5,7H2. The maximum absolute atomic E-state index is 8.60. The molecule has 0 radical (unpaired) electrons. The second-order valence-electron chi connectivity index (χ2n) is 3.01. The van der Waals surface area contributed by atoms with Crippen molar-refractivity contribution in [3.63, 3.8) is 0 Å². The Labute approximate surface area is 76.0 Å². The van der Waals surface area contributed by atoms with Gasteiger partial charge in [0.05, 0.1) is 0 Å². The fraction of sp³-hybridized carbons (Fsp3) is 0.444. The lowest BCUT2D eigenvalue weighted by Crippen LogP contribution is -2.35. The van der Waals surface area contributed by atoms with Crippen molar-refractivity contribution in [1.29, 1.82) is 5.26 Å².